The van der Waals surface area contributed by atoms with E-state index >= 15 is 0 Å². The van der Waals surface area contributed by atoms with E-state index in [-0.39, 0.29) is 6.04 Å². The van der Waals surface area contributed by atoms with Crippen LogP contribution in [0.5, 0.6) is 0 Å². The van der Waals surface area contributed by atoms with Gasteiger partial charge in [-0.05, 0) is 24.0 Å². The predicted octanol–water partition coefficient (Wildman–Crippen LogP) is 5.39. The number of unbranched alkanes of at least 4 members (excludes halogenated alkanes) is 5. The molecule has 0 heterocycles. The summed E-state index contributed by atoms with van der Waals surface area (Å²) in [5.41, 5.74) is 8.99. The zero-order valence-corrected chi connectivity index (χ0v) is 12.8. The second kappa shape index (κ2) is 10.0. The number of hydrogen-bond donors (Lipinski definition) is 1. The van der Waals surface area contributed by atoms with E-state index in [1.54, 1.807) is 0 Å². The van der Waals surface area contributed by atoms with Crippen LogP contribution in [0.2, 0.25) is 0 Å². The van der Waals surface area contributed by atoms with Crippen molar-refractivity contribution in [1.82, 2.24) is 0 Å². The van der Waals surface area contributed by atoms with Crippen LogP contribution in [0.25, 0.3) is 0 Å². The highest BCUT2D eigenvalue weighted by Crippen LogP contribution is 2.19. The van der Waals surface area contributed by atoms with Crippen LogP contribution in [0.4, 0.5) is 0 Å². The molecule has 0 aliphatic carbocycles. The number of benzene rings is 1. The van der Waals surface area contributed by atoms with Crippen LogP contribution in [0.15, 0.2) is 24.3 Å². The van der Waals surface area contributed by atoms with Crippen molar-refractivity contribution in [3.8, 4) is 0 Å². The van der Waals surface area contributed by atoms with Gasteiger partial charge in [0.1, 0.15) is 0 Å². The topological polar surface area (TPSA) is 26.0 Å². The van der Waals surface area contributed by atoms with E-state index in [2.05, 4.69) is 38.1 Å². The molecule has 2 N–H and O–H groups in total. The number of hydrogen-bond acceptors (Lipinski definition) is 1. The second-order valence-corrected chi connectivity index (χ2v) is 5.65. The number of nitrogens with two attached hydrogens (primary N) is 1. The van der Waals surface area contributed by atoms with Crippen molar-refractivity contribution < 1.29 is 0 Å². The summed E-state index contributed by atoms with van der Waals surface area (Å²) in [4.78, 5) is 0. The van der Waals surface area contributed by atoms with Crippen LogP contribution in [0, 0.1) is 0 Å². The third-order valence-corrected chi connectivity index (χ3v) is 3.82. The van der Waals surface area contributed by atoms with Crippen LogP contribution in [0.1, 0.15) is 82.4 Å². The van der Waals surface area contributed by atoms with Crippen molar-refractivity contribution in [2.75, 3.05) is 0 Å². The zero-order chi connectivity index (χ0) is 13.9. The minimum atomic E-state index is 0.224. The molecule has 0 fully saturated rings. The van der Waals surface area contributed by atoms with Crippen LogP contribution >= 0.6 is 0 Å². The molecule has 0 saturated heterocycles. The van der Waals surface area contributed by atoms with Gasteiger partial charge in [-0.1, -0.05) is 83.1 Å². The lowest BCUT2D eigenvalue weighted by atomic mass is 9.98. The fraction of sp³-hybridized carbons (Fsp3) is 0.667. The lowest BCUT2D eigenvalue weighted by Gasteiger charge is -2.12. The first-order valence-electron chi connectivity index (χ1n) is 8.12. The van der Waals surface area contributed by atoms with Gasteiger partial charge >= 0.3 is 0 Å². The van der Waals surface area contributed by atoms with E-state index < -0.39 is 0 Å². The highest BCUT2D eigenvalue weighted by Gasteiger charge is 2.05. The SMILES string of the molecule is CCCCCCCCC(N)c1ccc(CCC)cc1. The van der Waals surface area contributed by atoms with E-state index in [1.165, 1.54) is 62.5 Å². The second-order valence-electron chi connectivity index (χ2n) is 5.65. The summed E-state index contributed by atoms with van der Waals surface area (Å²) in [7, 11) is 0. The molecule has 0 spiro atoms. The minimum Gasteiger partial charge on any atom is -0.324 e. The van der Waals surface area contributed by atoms with Crippen LogP contribution < -0.4 is 5.73 Å². The summed E-state index contributed by atoms with van der Waals surface area (Å²) in [6.45, 7) is 4.48. The van der Waals surface area contributed by atoms with Crippen molar-refractivity contribution in [2.24, 2.45) is 5.73 Å². The third kappa shape index (κ3) is 6.77. The quantitative estimate of drug-likeness (QED) is 0.561. The van der Waals surface area contributed by atoms with E-state index in [1.807, 2.05) is 0 Å². The molecule has 0 bridgehead atoms. The summed E-state index contributed by atoms with van der Waals surface area (Å²) < 4.78 is 0. The van der Waals surface area contributed by atoms with Crippen LogP contribution in [-0.4, -0.2) is 0 Å². The van der Waals surface area contributed by atoms with Crippen LogP contribution in [-0.2, 0) is 6.42 Å². The zero-order valence-electron chi connectivity index (χ0n) is 12.8. The molecule has 0 radical (unpaired) electrons. The van der Waals surface area contributed by atoms with Gasteiger partial charge in [-0.25, -0.2) is 0 Å². The molecule has 0 amide bonds. The van der Waals surface area contributed by atoms with E-state index in [0.717, 1.165) is 6.42 Å². The van der Waals surface area contributed by atoms with Gasteiger partial charge in [0, 0.05) is 6.04 Å². The third-order valence-electron chi connectivity index (χ3n) is 3.82. The Hall–Kier alpha value is -0.820. The highest BCUT2D eigenvalue weighted by molar-refractivity contribution is 5.24. The number of aryl methyl sites for hydroxylation is 1. The predicted molar refractivity (Wildman–Crippen MR) is 85.4 cm³/mol. The standard InChI is InChI=1S/C18H31N/c1-3-5-6-7-8-9-11-18(19)17-14-12-16(10-4-2)13-15-17/h12-15,18H,3-11,19H2,1-2H3. The molecule has 1 nitrogen and oxygen atoms in total. The van der Waals surface area contributed by atoms with Crippen LogP contribution in [0.3, 0.4) is 0 Å². The Morgan fingerprint density at radius 3 is 2.11 bits per heavy atom. The molecule has 1 rings (SSSR count). The minimum absolute atomic E-state index is 0.224. The van der Waals surface area contributed by atoms with Crippen molar-refractivity contribution in [3.05, 3.63) is 35.4 Å². The van der Waals surface area contributed by atoms with Gasteiger partial charge in [-0.15, -0.1) is 0 Å². The summed E-state index contributed by atoms with van der Waals surface area (Å²) in [5.74, 6) is 0. The monoisotopic (exact) mass is 261 g/mol. The highest BCUT2D eigenvalue weighted by atomic mass is 14.6. The van der Waals surface area contributed by atoms with Crippen molar-refractivity contribution in [1.29, 1.82) is 0 Å². The van der Waals surface area contributed by atoms with Crippen molar-refractivity contribution in [2.45, 2.75) is 77.7 Å². The average Bonchev–Trinajstić information content (AvgIpc) is 2.43. The molecular weight excluding hydrogens is 230 g/mol. The lowest BCUT2D eigenvalue weighted by Crippen LogP contribution is -2.10. The van der Waals surface area contributed by atoms with E-state index in [9.17, 15) is 0 Å². The molecule has 1 aromatic carbocycles. The lowest BCUT2D eigenvalue weighted by molar-refractivity contribution is 0.547. The maximum Gasteiger partial charge on any atom is 0.0294 e. The van der Waals surface area contributed by atoms with Gasteiger partial charge in [-0.3, -0.25) is 0 Å². The normalized spacial score (nSPS) is 12.6. The Labute approximate surface area is 119 Å². The van der Waals surface area contributed by atoms with Gasteiger partial charge in [0.25, 0.3) is 0 Å². The summed E-state index contributed by atoms with van der Waals surface area (Å²) in [6, 6.07) is 9.13. The smallest absolute Gasteiger partial charge is 0.0294 e. The molecule has 0 aliphatic rings. The van der Waals surface area contributed by atoms with Gasteiger partial charge < -0.3 is 5.73 Å². The largest absolute Gasteiger partial charge is 0.324 e. The van der Waals surface area contributed by atoms with E-state index in [4.69, 9.17) is 5.73 Å². The molecular formula is C18H31N. The first-order chi connectivity index (χ1) is 9.27. The Morgan fingerprint density at radius 1 is 0.842 bits per heavy atom. The van der Waals surface area contributed by atoms with Gasteiger partial charge in [0.05, 0.1) is 0 Å². The maximum absolute atomic E-state index is 6.26. The Morgan fingerprint density at radius 2 is 1.47 bits per heavy atom. The fourth-order valence-electron chi connectivity index (χ4n) is 2.53. The average molecular weight is 261 g/mol. The molecule has 0 aromatic heterocycles. The van der Waals surface area contributed by atoms with E-state index in [0.29, 0.717) is 0 Å². The van der Waals surface area contributed by atoms with Gasteiger partial charge in [-0.2, -0.15) is 0 Å². The Balaban J connectivity index is 2.23. The molecule has 1 unspecified atom stereocenters. The van der Waals surface area contributed by atoms with Gasteiger partial charge in [0.15, 0.2) is 0 Å². The molecule has 0 saturated carbocycles. The summed E-state index contributed by atoms with van der Waals surface area (Å²) in [5, 5.41) is 0. The first kappa shape index (κ1) is 16.2. The maximum atomic E-state index is 6.26. The first-order valence-corrected chi connectivity index (χ1v) is 8.12. The molecule has 1 atom stereocenters. The van der Waals surface area contributed by atoms with Crippen molar-refractivity contribution >= 4 is 0 Å². The van der Waals surface area contributed by atoms with Crippen molar-refractivity contribution in [3.63, 3.8) is 0 Å². The molecule has 1 heteroatoms. The summed E-state index contributed by atoms with van der Waals surface area (Å²) in [6.07, 6.45) is 11.6. The molecule has 19 heavy (non-hydrogen) atoms. The molecule has 108 valence electrons. The molecule has 1 aromatic rings. The fourth-order valence-corrected chi connectivity index (χ4v) is 2.53. The number of rotatable bonds is 10. The Bertz CT molecular complexity index is 315. The molecule has 0 aliphatic heterocycles. The van der Waals surface area contributed by atoms with Gasteiger partial charge in [0.2, 0.25) is 0 Å². The Kier molecular flexibility index (Phi) is 8.57. The summed E-state index contributed by atoms with van der Waals surface area (Å²) >= 11 is 0.